The summed E-state index contributed by atoms with van der Waals surface area (Å²) in [5.41, 5.74) is 4.28. The molecule has 124 valence electrons. The summed E-state index contributed by atoms with van der Waals surface area (Å²) in [4.78, 5) is 27.4. The highest BCUT2D eigenvalue weighted by Crippen LogP contribution is 2.11. The second-order valence-corrected chi connectivity index (χ2v) is 4.50. The molecule has 0 aromatic carbocycles. The molecule has 0 aliphatic rings. The number of halogens is 4. The molecule has 0 radical (unpaired) electrons. The van der Waals surface area contributed by atoms with Crippen molar-refractivity contribution in [3.05, 3.63) is 51.9 Å². The smallest absolute Gasteiger partial charge is 0.338 e. The van der Waals surface area contributed by atoms with E-state index < -0.39 is 29.1 Å². The van der Waals surface area contributed by atoms with E-state index in [-0.39, 0.29) is 23.8 Å². The van der Waals surface area contributed by atoms with Crippen molar-refractivity contribution in [2.24, 2.45) is 0 Å². The Morgan fingerprint density at radius 1 is 1.00 bits per heavy atom. The molecule has 0 unspecified atom stereocenters. The lowest BCUT2D eigenvalue weighted by molar-refractivity contribution is 0.0680. The fourth-order valence-electron chi connectivity index (χ4n) is 1.20. The molecule has 4 N–H and O–H groups in total. The number of nitrogens with zero attached hydrogens (tertiary/aromatic N) is 2. The number of pyridine rings is 2. The van der Waals surface area contributed by atoms with Crippen LogP contribution in [-0.2, 0) is 0 Å². The molecule has 2 rings (SSSR count). The van der Waals surface area contributed by atoms with E-state index in [1.807, 2.05) is 0 Å². The molecule has 0 amide bonds. The van der Waals surface area contributed by atoms with Gasteiger partial charge in [0.1, 0.15) is 16.0 Å². The predicted molar refractivity (Wildman–Crippen MR) is 81.7 cm³/mol. The van der Waals surface area contributed by atoms with Crippen LogP contribution in [0.2, 0.25) is 0 Å². The van der Waals surface area contributed by atoms with Gasteiger partial charge < -0.3 is 15.9 Å². The first-order valence-electron chi connectivity index (χ1n) is 5.41. The van der Waals surface area contributed by atoms with E-state index in [0.29, 0.717) is 4.60 Å². The van der Waals surface area contributed by atoms with Gasteiger partial charge in [-0.15, -0.1) is 12.4 Å². The van der Waals surface area contributed by atoms with Gasteiger partial charge in [-0.05, 0) is 28.1 Å². The van der Waals surface area contributed by atoms with E-state index in [2.05, 4.69) is 25.9 Å². The summed E-state index contributed by atoms with van der Waals surface area (Å²) in [5, 5.41) is 16.8. The molecular weight excluding hydrogens is 404 g/mol. The summed E-state index contributed by atoms with van der Waals surface area (Å²) in [6.07, 6.45) is 1.63. The number of hydrogen-bond donors (Lipinski definition) is 3. The number of rotatable bonds is 2. The number of carbonyl (C=O) groups is 2. The molecule has 2 heterocycles. The summed E-state index contributed by atoms with van der Waals surface area (Å²) in [6, 6.07) is 2.08. The lowest BCUT2D eigenvalue weighted by Gasteiger charge is -1.96. The van der Waals surface area contributed by atoms with E-state index in [9.17, 15) is 18.4 Å². The summed E-state index contributed by atoms with van der Waals surface area (Å²) < 4.78 is 25.4. The van der Waals surface area contributed by atoms with Crippen LogP contribution in [0.4, 0.5) is 14.6 Å². The maximum Gasteiger partial charge on any atom is 0.338 e. The fraction of sp³-hybridized carbons (Fsp3) is 0. The fourth-order valence-corrected chi connectivity index (χ4v) is 1.53. The minimum Gasteiger partial charge on any atom is -0.478 e. The van der Waals surface area contributed by atoms with E-state index in [4.69, 9.17) is 15.9 Å². The molecular formula is C12H9BrClF2N3O4. The number of carboxylic acid groups (broad SMARTS) is 2. The third-order valence-electron chi connectivity index (χ3n) is 2.16. The van der Waals surface area contributed by atoms with Crippen LogP contribution in [0.25, 0.3) is 0 Å². The van der Waals surface area contributed by atoms with Crippen LogP contribution in [0.1, 0.15) is 20.7 Å². The standard InChI is InChI=1S/C6H3BrFNO2.C6H5FN2O2.ClH/c7-5-1-3(6(10)11)4(8)2-9-5;7-4-2-9-5(8)1-3(4)6(10)11;/h1-2H,(H,10,11);1-2H,(H2,8,9)(H,10,11);1H. The number of nitrogen functional groups attached to an aromatic ring is 1. The Bertz CT molecular complexity index is 672. The molecule has 0 aliphatic carbocycles. The summed E-state index contributed by atoms with van der Waals surface area (Å²) in [7, 11) is 0. The number of aromatic carboxylic acids is 2. The zero-order valence-corrected chi connectivity index (χ0v) is 13.4. The SMILES string of the molecule is Cl.Nc1cc(C(=O)O)c(F)cn1.O=C(O)c1cc(Br)ncc1F. The minimum atomic E-state index is -1.35. The summed E-state index contributed by atoms with van der Waals surface area (Å²) in [6.45, 7) is 0. The molecule has 23 heavy (non-hydrogen) atoms. The average Bonchev–Trinajstić information content (AvgIpc) is 2.44. The van der Waals surface area contributed by atoms with Crippen molar-refractivity contribution in [3.63, 3.8) is 0 Å². The largest absolute Gasteiger partial charge is 0.478 e. The molecule has 0 saturated carbocycles. The van der Waals surface area contributed by atoms with E-state index >= 15 is 0 Å². The maximum atomic E-state index is 12.6. The van der Waals surface area contributed by atoms with Gasteiger partial charge in [-0.25, -0.2) is 28.3 Å². The zero-order chi connectivity index (χ0) is 16.9. The first kappa shape index (κ1) is 20.7. The Morgan fingerprint density at radius 3 is 1.83 bits per heavy atom. The number of carboxylic acids is 2. The van der Waals surface area contributed by atoms with Gasteiger partial charge >= 0.3 is 11.9 Å². The van der Waals surface area contributed by atoms with Crippen LogP contribution in [0, 0.1) is 11.6 Å². The number of aromatic nitrogens is 2. The third-order valence-corrected chi connectivity index (χ3v) is 2.59. The second-order valence-electron chi connectivity index (χ2n) is 3.69. The van der Waals surface area contributed by atoms with E-state index in [1.54, 1.807) is 0 Å². The van der Waals surface area contributed by atoms with Crippen LogP contribution in [0.5, 0.6) is 0 Å². The lowest BCUT2D eigenvalue weighted by Crippen LogP contribution is -2.03. The molecule has 0 aliphatic heterocycles. The Labute approximate surface area is 142 Å². The van der Waals surface area contributed by atoms with Gasteiger partial charge in [0.15, 0.2) is 11.6 Å². The molecule has 0 atom stereocenters. The topological polar surface area (TPSA) is 126 Å². The number of nitrogens with two attached hydrogens (primary N) is 1. The molecule has 7 nitrogen and oxygen atoms in total. The lowest BCUT2D eigenvalue weighted by atomic mass is 10.2. The molecule has 0 bridgehead atoms. The average molecular weight is 413 g/mol. The first-order chi connectivity index (χ1) is 10.2. The number of anilines is 1. The van der Waals surface area contributed by atoms with Crippen molar-refractivity contribution in [3.8, 4) is 0 Å². The van der Waals surface area contributed by atoms with E-state index in [0.717, 1.165) is 24.5 Å². The maximum absolute atomic E-state index is 12.6. The third kappa shape index (κ3) is 6.12. The van der Waals surface area contributed by atoms with Crippen molar-refractivity contribution < 1.29 is 28.6 Å². The minimum absolute atomic E-state index is 0. The van der Waals surface area contributed by atoms with Crippen LogP contribution in [0.15, 0.2) is 29.1 Å². The van der Waals surface area contributed by atoms with Gasteiger partial charge in [0, 0.05) is 0 Å². The van der Waals surface area contributed by atoms with Crippen molar-refractivity contribution in [2.45, 2.75) is 0 Å². The first-order valence-corrected chi connectivity index (χ1v) is 6.20. The second kappa shape index (κ2) is 8.96. The molecule has 2 aromatic heterocycles. The van der Waals surface area contributed by atoms with Gasteiger partial charge in [-0.2, -0.15) is 0 Å². The summed E-state index contributed by atoms with van der Waals surface area (Å²) >= 11 is 2.92. The predicted octanol–water partition coefficient (Wildman–Crippen LogP) is 2.60. The molecule has 0 saturated heterocycles. The highest BCUT2D eigenvalue weighted by Gasteiger charge is 2.10. The van der Waals surface area contributed by atoms with Crippen molar-refractivity contribution >= 4 is 46.1 Å². The monoisotopic (exact) mass is 411 g/mol. The van der Waals surface area contributed by atoms with Gasteiger partial charge in [0.05, 0.1) is 18.0 Å². The van der Waals surface area contributed by atoms with Crippen molar-refractivity contribution in [1.29, 1.82) is 0 Å². The van der Waals surface area contributed by atoms with Crippen LogP contribution >= 0.6 is 28.3 Å². The van der Waals surface area contributed by atoms with E-state index in [1.165, 1.54) is 0 Å². The Kier molecular flexibility index (Phi) is 8.05. The van der Waals surface area contributed by atoms with Crippen molar-refractivity contribution in [2.75, 3.05) is 5.73 Å². The molecule has 2 aromatic rings. The molecule has 0 fully saturated rings. The van der Waals surface area contributed by atoms with Gasteiger partial charge in [0.25, 0.3) is 0 Å². The Hall–Kier alpha value is -2.33. The van der Waals surface area contributed by atoms with Crippen molar-refractivity contribution in [1.82, 2.24) is 9.97 Å². The molecule has 11 heteroatoms. The van der Waals surface area contributed by atoms with Crippen LogP contribution < -0.4 is 5.73 Å². The van der Waals surface area contributed by atoms with Crippen LogP contribution in [-0.4, -0.2) is 32.1 Å². The van der Waals surface area contributed by atoms with Gasteiger partial charge in [0.2, 0.25) is 0 Å². The van der Waals surface area contributed by atoms with Crippen LogP contribution in [0.3, 0.4) is 0 Å². The number of hydrogen-bond acceptors (Lipinski definition) is 5. The highest BCUT2D eigenvalue weighted by molar-refractivity contribution is 9.10. The Morgan fingerprint density at radius 2 is 1.43 bits per heavy atom. The Balaban J connectivity index is 0.000000403. The normalized spacial score (nSPS) is 9.17. The van der Waals surface area contributed by atoms with Gasteiger partial charge in [-0.3, -0.25) is 0 Å². The zero-order valence-electron chi connectivity index (χ0n) is 11.0. The molecule has 0 spiro atoms. The summed E-state index contributed by atoms with van der Waals surface area (Å²) in [5.74, 6) is -4.38. The van der Waals surface area contributed by atoms with Gasteiger partial charge in [-0.1, -0.05) is 0 Å². The quantitative estimate of drug-likeness (QED) is 0.647. The highest BCUT2D eigenvalue weighted by atomic mass is 79.9.